The van der Waals surface area contributed by atoms with Crippen LogP contribution in [0.2, 0.25) is 0 Å². The second kappa shape index (κ2) is 9.06. The van der Waals surface area contributed by atoms with E-state index in [4.69, 9.17) is 15.9 Å². The lowest BCUT2D eigenvalue weighted by Crippen LogP contribution is -2.47. The summed E-state index contributed by atoms with van der Waals surface area (Å²) in [5.74, 6) is 0.357. The lowest BCUT2D eigenvalue weighted by molar-refractivity contribution is -0.162. The van der Waals surface area contributed by atoms with Gasteiger partial charge in [0.15, 0.2) is 0 Å². The molecule has 1 aliphatic heterocycles. The first kappa shape index (κ1) is 22.8. The largest absolute Gasteiger partial charge is 0.460 e. The van der Waals surface area contributed by atoms with Crippen molar-refractivity contribution in [2.75, 3.05) is 13.1 Å². The Morgan fingerprint density at radius 1 is 1.17 bits per heavy atom. The Morgan fingerprint density at radius 3 is 2.23 bits per heavy atom. The van der Waals surface area contributed by atoms with Crippen LogP contribution in [-0.4, -0.2) is 52.1 Å². The number of piperidine rings is 1. The van der Waals surface area contributed by atoms with Gasteiger partial charge in [-0.05, 0) is 83.9 Å². The molecule has 0 bridgehead atoms. The summed E-state index contributed by atoms with van der Waals surface area (Å²) in [4.78, 5) is 14.7. The number of nitrogens with one attached hydrogen (secondary N) is 1. The van der Waals surface area contributed by atoms with Crippen molar-refractivity contribution in [3.63, 3.8) is 0 Å². The number of ether oxygens (including phenoxy) is 1. The van der Waals surface area contributed by atoms with Crippen LogP contribution in [0.5, 0.6) is 0 Å². The van der Waals surface area contributed by atoms with Gasteiger partial charge in [0.1, 0.15) is 11.4 Å². The number of hydrogen-bond donors (Lipinski definition) is 3. The van der Waals surface area contributed by atoms with Gasteiger partial charge >= 0.3 is 5.97 Å². The lowest BCUT2D eigenvalue weighted by Gasteiger charge is -2.43. The van der Waals surface area contributed by atoms with Crippen LogP contribution < -0.4 is 5.73 Å². The number of nitrogen functional groups attached to an aromatic ring is 1. The molecule has 1 aromatic rings. The van der Waals surface area contributed by atoms with E-state index >= 15 is 0 Å². The minimum atomic E-state index is -0.921. The minimum absolute atomic E-state index is 0.0926. The predicted octanol–water partition coefficient (Wildman–Crippen LogP) is 3.56. The first-order chi connectivity index (χ1) is 14.0. The van der Waals surface area contributed by atoms with Crippen LogP contribution in [-0.2, 0) is 9.53 Å². The van der Waals surface area contributed by atoms with Crippen LogP contribution in [0, 0.1) is 5.41 Å². The van der Waals surface area contributed by atoms with Gasteiger partial charge in [0, 0.05) is 11.6 Å². The maximum atomic E-state index is 12.1. The Morgan fingerprint density at radius 2 is 1.73 bits per heavy atom. The second-order valence-electron chi connectivity index (χ2n) is 10.1. The van der Waals surface area contributed by atoms with Gasteiger partial charge in [0.2, 0.25) is 0 Å². The molecule has 4 N–H and O–H groups in total. The Bertz CT molecular complexity index is 738. The van der Waals surface area contributed by atoms with E-state index in [1.54, 1.807) is 0 Å². The molecule has 1 saturated carbocycles. The van der Waals surface area contributed by atoms with Gasteiger partial charge in [-0.25, -0.2) is 0 Å². The molecule has 0 amide bonds. The van der Waals surface area contributed by atoms with Crippen molar-refractivity contribution in [3.05, 3.63) is 35.4 Å². The maximum Gasteiger partial charge on any atom is 0.309 e. The minimum Gasteiger partial charge on any atom is -0.460 e. The Balaban J connectivity index is 1.46. The van der Waals surface area contributed by atoms with Crippen LogP contribution in [0.4, 0.5) is 0 Å². The Hall–Kier alpha value is -1.92. The highest BCUT2D eigenvalue weighted by atomic mass is 16.6. The molecule has 2 aliphatic rings. The van der Waals surface area contributed by atoms with E-state index in [1.807, 2.05) is 32.9 Å². The quantitative estimate of drug-likeness (QED) is 0.388. The topological polar surface area (TPSA) is 99.6 Å². The van der Waals surface area contributed by atoms with Gasteiger partial charge < -0.3 is 20.5 Å². The average Bonchev–Trinajstić information content (AvgIpc) is 2.67. The van der Waals surface area contributed by atoms with E-state index < -0.39 is 11.2 Å². The summed E-state index contributed by atoms with van der Waals surface area (Å²) < 4.78 is 5.40. The van der Waals surface area contributed by atoms with E-state index in [0.717, 1.165) is 44.3 Å². The average molecular weight is 416 g/mol. The van der Waals surface area contributed by atoms with Crippen molar-refractivity contribution in [2.45, 2.75) is 88.9 Å². The third-order valence-corrected chi connectivity index (χ3v) is 6.52. The van der Waals surface area contributed by atoms with Crippen molar-refractivity contribution >= 4 is 11.8 Å². The van der Waals surface area contributed by atoms with E-state index in [0.29, 0.717) is 24.8 Å². The molecule has 1 aromatic carbocycles. The Labute approximate surface area is 180 Å². The zero-order valence-electron chi connectivity index (χ0n) is 18.6. The molecule has 0 aromatic heterocycles. The summed E-state index contributed by atoms with van der Waals surface area (Å²) in [7, 11) is 0. The highest BCUT2D eigenvalue weighted by Crippen LogP contribution is 2.37. The van der Waals surface area contributed by atoms with Crippen LogP contribution >= 0.6 is 0 Å². The van der Waals surface area contributed by atoms with Crippen LogP contribution in [0.25, 0.3) is 0 Å². The first-order valence-electron chi connectivity index (χ1n) is 11.2. The molecule has 0 radical (unpaired) electrons. The number of benzene rings is 1. The summed E-state index contributed by atoms with van der Waals surface area (Å²) in [5.41, 5.74) is 6.22. The van der Waals surface area contributed by atoms with E-state index in [9.17, 15) is 9.90 Å². The van der Waals surface area contributed by atoms with E-state index in [-0.39, 0.29) is 18.2 Å². The molecular formula is C24H37N3O3. The second-order valence-corrected chi connectivity index (χ2v) is 10.1. The molecule has 6 nitrogen and oxygen atoms in total. The maximum absolute atomic E-state index is 12.1. The molecule has 1 aliphatic carbocycles. The third-order valence-electron chi connectivity index (χ3n) is 6.52. The van der Waals surface area contributed by atoms with E-state index in [2.05, 4.69) is 17.0 Å². The fourth-order valence-corrected chi connectivity index (χ4v) is 4.86. The molecule has 2 fully saturated rings. The first-order valence-corrected chi connectivity index (χ1v) is 11.2. The van der Waals surface area contributed by atoms with Gasteiger partial charge in [-0.15, -0.1) is 0 Å². The predicted molar refractivity (Wildman–Crippen MR) is 119 cm³/mol. The molecule has 3 rings (SSSR count). The summed E-state index contributed by atoms with van der Waals surface area (Å²) in [5, 5.41) is 18.4. The number of rotatable bonds is 5. The number of carbonyl (C=O) groups is 1. The van der Waals surface area contributed by atoms with Gasteiger partial charge in [-0.1, -0.05) is 24.3 Å². The van der Waals surface area contributed by atoms with E-state index in [1.165, 1.54) is 5.56 Å². The zero-order valence-corrected chi connectivity index (χ0v) is 18.6. The van der Waals surface area contributed by atoms with Gasteiger partial charge in [0.25, 0.3) is 0 Å². The zero-order chi connectivity index (χ0) is 21.9. The normalized spacial score (nSPS) is 26.3. The third kappa shape index (κ3) is 6.05. The smallest absolute Gasteiger partial charge is 0.309 e. The summed E-state index contributed by atoms with van der Waals surface area (Å²) >= 11 is 0. The fourth-order valence-electron chi connectivity index (χ4n) is 4.86. The van der Waals surface area contributed by atoms with Crippen LogP contribution in [0.1, 0.15) is 82.8 Å². The fraction of sp³-hybridized carbons (Fsp3) is 0.667. The summed E-state index contributed by atoms with van der Waals surface area (Å²) in [6.45, 7) is 7.69. The number of amidine groups is 1. The molecule has 0 atom stereocenters. The van der Waals surface area contributed by atoms with Gasteiger partial charge in [-0.3, -0.25) is 10.2 Å². The molecule has 1 heterocycles. The van der Waals surface area contributed by atoms with Crippen molar-refractivity contribution in [2.24, 2.45) is 5.73 Å². The number of hydrogen-bond acceptors (Lipinski definition) is 5. The van der Waals surface area contributed by atoms with Crippen molar-refractivity contribution < 1.29 is 14.6 Å². The monoisotopic (exact) mass is 415 g/mol. The number of nitrogens with zero attached hydrogens (tertiary/aromatic N) is 1. The van der Waals surface area contributed by atoms with Crippen molar-refractivity contribution in [3.8, 4) is 0 Å². The molecule has 0 spiro atoms. The highest BCUT2D eigenvalue weighted by molar-refractivity contribution is 5.94. The van der Waals surface area contributed by atoms with Crippen LogP contribution in [0.15, 0.2) is 24.3 Å². The summed E-state index contributed by atoms with van der Waals surface area (Å²) in [6.07, 6.45) is 5.51. The molecule has 6 heteroatoms. The van der Waals surface area contributed by atoms with Gasteiger partial charge in [-0.2, -0.15) is 0 Å². The standard InChI is InChI=1S/C24H37N3O3/c1-23(2,3)30-21(28)16-24(29)12-8-20(9-13-24)27-14-10-18(11-15-27)17-4-6-19(7-5-17)22(25)26/h4-7,18,20,29H,8-16H2,1-3H3,(H3,25,26)/t20-,24-. The lowest BCUT2D eigenvalue weighted by atomic mass is 9.78. The molecule has 166 valence electrons. The molecule has 30 heavy (non-hydrogen) atoms. The Kier molecular flexibility index (Phi) is 6.88. The number of aliphatic hydroxyl groups is 1. The molecule has 1 saturated heterocycles. The highest BCUT2D eigenvalue weighted by Gasteiger charge is 2.38. The molecular weight excluding hydrogens is 378 g/mol. The number of carbonyl (C=O) groups excluding carboxylic acids is 1. The van der Waals surface area contributed by atoms with Crippen molar-refractivity contribution in [1.29, 1.82) is 5.41 Å². The number of likely N-dealkylation sites (tertiary alicyclic amines) is 1. The van der Waals surface area contributed by atoms with Gasteiger partial charge in [0.05, 0.1) is 12.0 Å². The number of esters is 1. The van der Waals surface area contributed by atoms with Crippen molar-refractivity contribution in [1.82, 2.24) is 4.90 Å². The summed E-state index contributed by atoms with van der Waals surface area (Å²) in [6, 6.07) is 8.58. The van der Waals surface area contributed by atoms with Crippen LogP contribution in [0.3, 0.4) is 0 Å². The SMILES string of the molecule is CC(C)(C)OC(=O)C[C@]1(O)CC[C@H](N2CCC(c3ccc(C(=N)N)cc3)CC2)CC1. The molecule has 0 unspecified atom stereocenters. The number of nitrogens with two attached hydrogens (primary N) is 1.